The van der Waals surface area contributed by atoms with Crippen LogP contribution in [0.15, 0.2) is 63.3 Å². The Bertz CT molecular complexity index is 776. The minimum atomic E-state index is -0.786. The topological polar surface area (TPSA) is 59.7 Å². The van der Waals surface area contributed by atoms with E-state index in [1.54, 1.807) is 32.1 Å². The van der Waals surface area contributed by atoms with Gasteiger partial charge in [0.2, 0.25) is 0 Å². The van der Waals surface area contributed by atoms with Crippen molar-refractivity contribution in [3.05, 3.63) is 64.6 Å². The summed E-state index contributed by atoms with van der Waals surface area (Å²) >= 11 is 0. The van der Waals surface area contributed by atoms with Gasteiger partial charge in [0, 0.05) is 17.5 Å². The number of hydrogen-bond acceptors (Lipinski definition) is 4. The van der Waals surface area contributed by atoms with Crippen molar-refractivity contribution < 1.29 is 14.3 Å². The molecule has 0 saturated heterocycles. The molecule has 0 atom stereocenters. The maximum absolute atomic E-state index is 11.2. The van der Waals surface area contributed by atoms with Crippen molar-refractivity contribution in [2.75, 3.05) is 6.61 Å². The summed E-state index contributed by atoms with van der Waals surface area (Å²) in [5.41, 5.74) is 0.511. The van der Waals surface area contributed by atoms with Crippen LogP contribution in [0.5, 0.6) is 5.75 Å². The number of hydrogen-bond donors (Lipinski definition) is 1. The van der Waals surface area contributed by atoms with Gasteiger partial charge in [-0.3, -0.25) is 0 Å². The van der Waals surface area contributed by atoms with Gasteiger partial charge in [-0.25, -0.2) is 4.79 Å². The van der Waals surface area contributed by atoms with Crippen LogP contribution in [0.25, 0.3) is 11.0 Å². The highest BCUT2D eigenvalue weighted by atomic mass is 16.5. The fourth-order valence-corrected chi connectivity index (χ4v) is 2.03. The van der Waals surface area contributed by atoms with E-state index in [0.717, 1.165) is 17.4 Å². The van der Waals surface area contributed by atoms with Gasteiger partial charge in [0.1, 0.15) is 17.9 Å². The molecule has 0 aliphatic rings. The molecule has 0 fully saturated rings. The fraction of sp³-hybridized carbons (Fsp3) is 0.316. The van der Waals surface area contributed by atoms with Crippen LogP contribution in [-0.4, -0.2) is 17.3 Å². The molecule has 4 heteroatoms. The molecular formula is C19H22O4. The van der Waals surface area contributed by atoms with Crippen LogP contribution in [-0.2, 0) is 0 Å². The number of allylic oxidation sites excluding steroid dienone is 2. The average Bonchev–Trinajstić information content (AvgIpc) is 2.45. The van der Waals surface area contributed by atoms with E-state index in [-0.39, 0.29) is 5.63 Å². The number of fused-ring (bicyclic) bond motifs is 1. The lowest BCUT2D eigenvalue weighted by atomic mass is 10.1. The first-order valence-corrected chi connectivity index (χ1v) is 7.56. The summed E-state index contributed by atoms with van der Waals surface area (Å²) in [6.07, 6.45) is 6.47. The van der Waals surface area contributed by atoms with Crippen LogP contribution in [0.1, 0.15) is 27.2 Å². The lowest BCUT2D eigenvalue weighted by Crippen LogP contribution is -2.13. The highest BCUT2D eigenvalue weighted by Gasteiger charge is 2.05. The first-order chi connectivity index (χ1) is 10.8. The minimum Gasteiger partial charge on any atom is -0.489 e. The first-order valence-electron chi connectivity index (χ1n) is 7.56. The molecule has 0 aliphatic carbocycles. The number of aliphatic hydroxyl groups is 1. The number of benzene rings is 1. The molecule has 0 saturated carbocycles. The van der Waals surface area contributed by atoms with Crippen LogP contribution >= 0.6 is 0 Å². The molecule has 122 valence electrons. The zero-order chi connectivity index (χ0) is 16.9. The van der Waals surface area contributed by atoms with Gasteiger partial charge >= 0.3 is 5.63 Å². The molecule has 2 aromatic rings. The Morgan fingerprint density at radius 3 is 2.78 bits per heavy atom. The molecule has 1 aromatic carbocycles. The van der Waals surface area contributed by atoms with E-state index in [2.05, 4.69) is 0 Å². The van der Waals surface area contributed by atoms with Crippen molar-refractivity contribution in [3.8, 4) is 5.75 Å². The van der Waals surface area contributed by atoms with Crippen molar-refractivity contribution >= 4 is 11.0 Å². The van der Waals surface area contributed by atoms with Crippen LogP contribution in [0.2, 0.25) is 0 Å². The summed E-state index contributed by atoms with van der Waals surface area (Å²) in [5.74, 6) is 0.655. The maximum atomic E-state index is 11.2. The van der Waals surface area contributed by atoms with Gasteiger partial charge in [-0.2, -0.15) is 0 Å². The predicted molar refractivity (Wildman–Crippen MR) is 91.8 cm³/mol. The lowest BCUT2D eigenvalue weighted by molar-refractivity contribution is 0.133. The van der Waals surface area contributed by atoms with Crippen LogP contribution in [0, 0.1) is 0 Å². The van der Waals surface area contributed by atoms with E-state index in [1.807, 2.05) is 31.2 Å². The smallest absolute Gasteiger partial charge is 0.336 e. The van der Waals surface area contributed by atoms with Crippen LogP contribution in [0.3, 0.4) is 0 Å². The van der Waals surface area contributed by atoms with Gasteiger partial charge in [-0.1, -0.05) is 17.7 Å². The Kier molecular flexibility index (Phi) is 5.40. The molecule has 2 rings (SSSR count). The number of ether oxygens (including phenoxy) is 1. The van der Waals surface area contributed by atoms with Crippen molar-refractivity contribution in [1.29, 1.82) is 0 Å². The molecule has 1 aromatic heterocycles. The molecule has 0 unspecified atom stereocenters. The molecule has 1 heterocycles. The van der Waals surface area contributed by atoms with Crippen molar-refractivity contribution in [2.45, 2.75) is 32.8 Å². The fourth-order valence-electron chi connectivity index (χ4n) is 2.03. The highest BCUT2D eigenvalue weighted by molar-refractivity contribution is 5.77. The molecule has 0 amide bonds. The molecular weight excluding hydrogens is 292 g/mol. The third-order valence-corrected chi connectivity index (χ3v) is 3.24. The number of rotatable bonds is 6. The minimum absolute atomic E-state index is 0.371. The summed E-state index contributed by atoms with van der Waals surface area (Å²) in [4.78, 5) is 11.2. The Labute approximate surface area is 135 Å². The van der Waals surface area contributed by atoms with E-state index in [1.165, 1.54) is 6.07 Å². The largest absolute Gasteiger partial charge is 0.489 e. The van der Waals surface area contributed by atoms with Gasteiger partial charge in [0.05, 0.1) is 5.60 Å². The van der Waals surface area contributed by atoms with E-state index in [0.29, 0.717) is 17.9 Å². The van der Waals surface area contributed by atoms with Gasteiger partial charge in [0.15, 0.2) is 0 Å². The lowest BCUT2D eigenvalue weighted by Gasteiger charge is -2.10. The Morgan fingerprint density at radius 2 is 2.04 bits per heavy atom. The summed E-state index contributed by atoms with van der Waals surface area (Å²) < 4.78 is 10.8. The second-order valence-corrected chi connectivity index (χ2v) is 6.08. The van der Waals surface area contributed by atoms with E-state index >= 15 is 0 Å². The van der Waals surface area contributed by atoms with Crippen molar-refractivity contribution in [2.24, 2.45) is 0 Å². The SMILES string of the molecule is CC(=CCOc1ccc2ccc(=O)oc2c1)C/C=C/C(C)(C)O. The molecule has 0 bridgehead atoms. The quantitative estimate of drug-likeness (QED) is 0.650. The zero-order valence-electron chi connectivity index (χ0n) is 13.7. The molecule has 0 spiro atoms. The third-order valence-electron chi connectivity index (χ3n) is 3.24. The standard InChI is InChI=1S/C19H22O4/c1-14(5-4-11-19(2,3)21)10-12-22-16-8-6-15-7-9-18(20)23-17(15)13-16/h4,6-11,13,21H,5,12H2,1-3H3/b11-4+,14-10?. The Hall–Kier alpha value is -2.33. The second-order valence-electron chi connectivity index (χ2n) is 6.08. The molecule has 23 heavy (non-hydrogen) atoms. The summed E-state index contributed by atoms with van der Waals surface area (Å²) in [6, 6.07) is 8.55. The van der Waals surface area contributed by atoms with Gasteiger partial charge < -0.3 is 14.3 Å². The van der Waals surface area contributed by atoms with E-state index < -0.39 is 5.60 Å². The summed E-state index contributed by atoms with van der Waals surface area (Å²) in [5, 5.41) is 10.5. The normalized spacial score (nSPS) is 13.0. The van der Waals surface area contributed by atoms with Gasteiger partial charge in [-0.05, 0) is 51.5 Å². The van der Waals surface area contributed by atoms with Crippen molar-refractivity contribution in [1.82, 2.24) is 0 Å². The summed E-state index contributed by atoms with van der Waals surface area (Å²) in [7, 11) is 0. The van der Waals surface area contributed by atoms with Gasteiger partial charge in [0.25, 0.3) is 0 Å². The van der Waals surface area contributed by atoms with Crippen LogP contribution in [0.4, 0.5) is 0 Å². The Morgan fingerprint density at radius 1 is 1.30 bits per heavy atom. The van der Waals surface area contributed by atoms with E-state index in [9.17, 15) is 9.90 Å². The third kappa shape index (κ3) is 5.75. The molecule has 1 N–H and O–H groups in total. The maximum Gasteiger partial charge on any atom is 0.336 e. The van der Waals surface area contributed by atoms with E-state index in [4.69, 9.17) is 9.15 Å². The molecule has 4 nitrogen and oxygen atoms in total. The second kappa shape index (κ2) is 7.29. The highest BCUT2D eigenvalue weighted by Crippen LogP contribution is 2.19. The molecule has 0 aliphatic heterocycles. The summed E-state index contributed by atoms with van der Waals surface area (Å²) in [6.45, 7) is 5.93. The first kappa shape index (κ1) is 17.0. The van der Waals surface area contributed by atoms with Crippen LogP contribution < -0.4 is 10.4 Å². The average molecular weight is 314 g/mol. The monoisotopic (exact) mass is 314 g/mol. The molecule has 0 radical (unpaired) electrons. The zero-order valence-corrected chi connectivity index (χ0v) is 13.7. The Balaban J connectivity index is 1.94. The van der Waals surface area contributed by atoms with Crippen molar-refractivity contribution in [3.63, 3.8) is 0 Å². The predicted octanol–water partition coefficient (Wildman–Crippen LogP) is 3.84. The van der Waals surface area contributed by atoms with Gasteiger partial charge in [-0.15, -0.1) is 0 Å².